The molecule has 0 aliphatic carbocycles. The van der Waals surface area contributed by atoms with Crippen LogP contribution in [-0.4, -0.2) is 18.8 Å². The average molecular weight is 270 g/mol. The molecular weight excluding hydrogens is 252 g/mol. The molecule has 3 rings (SSSR count). The predicted molar refractivity (Wildman–Crippen MR) is 81.0 cm³/mol. The first-order chi connectivity index (χ1) is 9.80. The second kappa shape index (κ2) is 5.53. The molecule has 0 aromatic heterocycles. The summed E-state index contributed by atoms with van der Waals surface area (Å²) in [7, 11) is 1.70. The van der Waals surface area contributed by atoms with Crippen molar-refractivity contribution in [2.75, 3.05) is 24.4 Å². The van der Waals surface area contributed by atoms with Crippen LogP contribution in [-0.2, 0) is 17.8 Å². The van der Waals surface area contributed by atoms with Crippen molar-refractivity contribution in [3.63, 3.8) is 0 Å². The second-order valence-electron chi connectivity index (χ2n) is 4.92. The van der Waals surface area contributed by atoms with Crippen molar-refractivity contribution in [2.45, 2.75) is 13.0 Å². The highest BCUT2D eigenvalue weighted by atomic mass is 16.5. The van der Waals surface area contributed by atoms with Crippen molar-refractivity contribution in [3.8, 4) is 0 Å². The minimum Gasteiger partial charge on any atom is -0.396 e. The summed E-state index contributed by atoms with van der Waals surface area (Å²) in [6.45, 7) is 0.778. The first-order valence-electron chi connectivity index (χ1n) is 6.70. The van der Waals surface area contributed by atoms with Gasteiger partial charge in [-0.15, -0.1) is 0 Å². The van der Waals surface area contributed by atoms with E-state index in [2.05, 4.69) is 34.9 Å². The molecular formula is C16H18N2O2. The number of aliphatic hydroxyl groups is 1. The van der Waals surface area contributed by atoms with E-state index in [1.54, 1.807) is 7.11 Å². The lowest BCUT2D eigenvalue weighted by atomic mass is 10.1. The highest BCUT2D eigenvalue weighted by Crippen LogP contribution is 2.39. The van der Waals surface area contributed by atoms with Crippen LogP contribution in [0.3, 0.4) is 0 Å². The van der Waals surface area contributed by atoms with E-state index in [4.69, 9.17) is 9.84 Å². The standard InChI is InChI=1S/C16H18N2O2/c1-20-10-12-3-5-14-16(9-12)18-13-4-2-11(6-7-19)8-15(13)17-14/h2-5,8-9,17-19H,6-7,10H2,1H3. The van der Waals surface area contributed by atoms with Crippen LogP contribution in [0.1, 0.15) is 11.1 Å². The number of hydrogen-bond donors (Lipinski definition) is 3. The number of benzene rings is 2. The molecule has 3 N–H and O–H groups in total. The Morgan fingerprint density at radius 1 is 0.900 bits per heavy atom. The quantitative estimate of drug-likeness (QED) is 0.681. The lowest BCUT2D eigenvalue weighted by molar-refractivity contribution is 0.185. The SMILES string of the molecule is COCc1ccc2c(c1)Nc1ccc(CCO)cc1N2. The van der Waals surface area contributed by atoms with Crippen LogP contribution in [0.15, 0.2) is 36.4 Å². The summed E-state index contributed by atoms with van der Waals surface area (Å²) in [5.74, 6) is 0. The lowest BCUT2D eigenvalue weighted by Crippen LogP contribution is -2.07. The molecule has 1 aliphatic heterocycles. The Labute approximate surface area is 118 Å². The van der Waals surface area contributed by atoms with E-state index in [0.717, 1.165) is 33.9 Å². The zero-order valence-corrected chi connectivity index (χ0v) is 11.4. The molecule has 0 radical (unpaired) electrons. The largest absolute Gasteiger partial charge is 0.396 e. The minimum absolute atomic E-state index is 0.170. The maximum Gasteiger partial charge on any atom is 0.0713 e. The van der Waals surface area contributed by atoms with Crippen LogP contribution in [0.2, 0.25) is 0 Å². The average Bonchev–Trinajstić information content (AvgIpc) is 2.46. The molecule has 0 atom stereocenters. The van der Waals surface area contributed by atoms with Gasteiger partial charge in [-0.1, -0.05) is 12.1 Å². The van der Waals surface area contributed by atoms with Gasteiger partial charge in [-0.3, -0.25) is 0 Å². The maximum atomic E-state index is 9.01. The molecule has 0 fully saturated rings. The number of nitrogens with one attached hydrogen (secondary N) is 2. The number of fused-ring (bicyclic) bond motifs is 2. The van der Waals surface area contributed by atoms with Crippen LogP contribution in [0, 0.1) is 0 Å². The van der Waals surface area contributed by atoms with Crippen LogP contribution in [0.4, 0.5) is 22.7 Å². The number of rotatable bonds is 4. The molecule has 0 unspecified atom stereocenters. The van der Waals surface area contributed by atoms with Crippen molar-refractivity contribution in [1.82, 2.24) is 0 Å². The highest BCUT2D eigenvalue weighted by molar-refractivity contribution is 5.90. The van der Waals surface area contributed by atoms with Crippen LogP contribution >= 0.6 is 0 Å². The van der Waals surface area contributed by atoms with Gasteiger partial charge in [0, 0.05) is 13.7 Å². The lowest BCUT2D eigenvalue weighted by Gasteiger charge is -2.24. The fourth-order valence-corrected chi connectivity index (χ4v) is 2.44. The summed E-state index contributed by atoms with van der Waals surface area (Å²) in [6.07, 6.45) is 0.675. The monoisotopic (exact) mass is 270 g/mol. The number of anilines is 4. The van der Waals surface area contributed by atoms with Gasteiger partial charge >= 0.3 is 0 Å². The fraction of sp³-hybridized carbons (Fsp3) is 0.250. The Kier molecular flexibility index (Phi) is 3.58. The molecule has 1 heterocycles. The number of methoxy groups -OCH3 is 1. The number of ether oxygens (including phenoxy) is 1. The third-order valence-electron chi connectivity index (χ3n) is 3.42. The van der Waals surface area contributed by atoms with E-state index in [0.29, 0.717) is 13.0 Å². The molecule has 0 bridgehead atoms. The topological polar surface area (TPSA) is 53.5 Å². The third-order valence-corrected chi connectivity index (χ3v) is 3.42. The normalized spacial score (nSPS) is 12.1. The van der Waals surface area contributed by atoms with Crippen molar-refractivity contribution in [3.05, 3.63) is 47.5 Å². The summed E-state index contributed by atoms with van der Waals surface area (Å²) < 4.78 is 5.16. The zero-order valence-electron chi connectivity index (χ0n) is 11.4. The van der Waals surface area contributed by atoms with Gasteiger partial charge in [0.05, 0.1) is 29.4 Å². The van der Waals surface area contributed by atoms with E-state index < -0.39 is 0 Å². The molecule has 2 aromatic rings. The fourth-order valence-electron chi connectivity index (χ4n) is 2.44. The Morgan fingerprint density at radius 2 is 1.50 bits per heavy atom. The minimum atomic E-state index is 0.170. The van der Waals surface area contributed by atoms with Gasteiger partial charge in [-0.05, 0) is 41.8 Å². The maximum absolute atomic E-state index is 9.01. The Bertz CT molecular complexity index is 570. The van der Waals surface area contributed by atoms with Gasteiger partial charge in [-0.2, -0.15) is 0 Å². The summed E-state index contributed by atoms with van der Waals surface area (Å²) >= 11 is 0. The number of aliphatic hydroxyl groups excluding tert-OH is 1. The van der Waals surface area contributed by atoms with Crippen molar-refractivity contribution < 1.29 is 9.84 Å². The Morgan fingerprint density at radius 3 is 2.10 bits per heavy atom. The van der Waals surface area contributed by atoms with Crippen molar-refractivity contribution in [1.29, 1.82) is 0 Å². The smallest absolute Gasteiger partial charge is 0.0713 e. The van der Waals surface area contributed by atoms with E-state index >= 15 is 0 Å². The molecule has 1 aliphatic rings. The zero-order chi connectivity index (χ0) is 13.9. The van der Waals surface area contributed by atoms with Gasteiger partial charge in [0.1, 0.15) is 0 Å². The van der Waals surface area contributed by atoms with Gasteiger partial charge in [0.25, 0.3) is 0 Å². The molecule has 0 spiro atoms. The van der Waals surface area contributed by atoms with E-state index in [1.807, 2.05) is 12.1 Å². The van der Waals surface area contributed by atoms with Crippen LogP contribution < -0.4 is 10.6 Å². The van der Waals surface area contributed by atoms with Gasteiger partial charge in [0.2, 0.25) is 0 Å². The molecule has 4 nitrogen and oxygen atoms in total. The molecule has 0 amide bonds. The summed E-state index contributed by atoms with van der Waals surface area (Å²) in [5, 5.41) is 15.9. The first kappa shape index (κ1) is 13.0. The molecule has 0 saturated heterocycles. The van der Waals surface area contributed by atoms with Crippen molar-refractivity contribution in [2.24, 2.45) is 0 Å². The van der Waals surface area contributed by atoms with Crippen LogP contribution in [0.25, 0.3) is 0 Å². The Hall–Kier alpha value is -2.04. The second-order valence-corrected chi connectivity index (χ2v) is 4.92. The molecule has 4 heteroatoms. The Balaban J connectivity index is 1.89. The molecule has 2 aromatic carbocycles. The molecule has 0 saturated carbocycles. The van der Waals surface area contributed by atoms with Crippen LogP contribution in [0.5, 0.6) is 0 Å². The number of hydrogen-bond acceptors (Lipinski definition) is 4. The van der Waals surface area contributed by atoms with Crippen molar-refractivity contribution >= 4 is 22.7 Å². The van der Waals surface area contributed by atoms with Gasteiger partial charge in [-0.25, -0.2) is 0 Å². The molecule has 20 heavy (non-hydrogen) atoms. The summed E-state index contributed by atoms with van der Waals surface area (Å²) in [4.78, 5) is 0. The predicted octanol–water partition coefficient (Wildman–Crippen LogP) is 3.17. The summed E-state index contributed by atoms with van der Waals surface area (Å²) in [6, 6.07) is 12.4. The van der Waals surface area contributed by atoms with E-state index in [1.165, 1.54) is 0 Å². The first-order valence-corrected chi connectivity index (χ1v) is 6.70. The van der Waals surface area contributed by atoms with Gasteiger partial charge < -0.3 is 20.5 Å². The van der Waals surface area contributed by atoms with E-state index in [9.17, 15) is 0 Å². The molecule has 104 valence electrons. The third kappa shape index (κ3) is 2.48. The summed E-state index contributed by atoms with van der Waals surface area (Å²) in [5.41, 5.74) is 6.47. The van der Waals surface area contributed by atoms with E-state index in [-0.39, 0.29) is 6.61 Å². The van der Waals surface area contributed by atoms with Gasteiger partial charge in [0.15, 0.2) is 0 Å². The highest BCUT2D eigenvalue weighted by Gasteiger charge is 2.14.